The van der Waals surface area contributed by atoms with Gasteiger partial charge in [-0.15, -0.1) is 11.3 Å². The van der Waals surface area contributed by atoms with Crippen LogP contribution in [0, 0.1) is 5.82 Å². The number of carbonyl (C=O) groups excluding carboxylic acids is 1. The average Bonchev–Trinajstić information content (AvgIpc) is 3.52. The van der Waals surface area contributed by atoms with Crippen molar-refractivity contribution in [3.63, 3.8) is 0 Å². The molecule has 0 aliphatic carbocycles. The maximum absolute atomic E-state index is 13.2. The molecule has 1 saturated heterocycles. The Hall–Kier alpha value is -2.78. The standard InChI is InChI=1S/C21H18FN5OS2/c22-14-5-7-15(8-6-14)27-20-16(11-25-27)21(24-13-23-20)30-12-19(28)26-9-1-3-17(26)18-4-2-10-29-18/h2,4-8,10-11,13,17H,1,3,9,12H2/t17-/m1/s1. The summed E-state index contributed by atoms with van der Waals surface area (Å²) in [4.78, 5) is 24.9. The van der Waals surface area contributed by atoms with Gasteiger partial charge < -0.3 is 4.90 Å². The third-order valence-corrected chi connectivity index (χ3v) is 7.14. The number of thioether (sulfide) groups is 1. The fraction of sp³-hybridized carbons (Fsp3) is 0.238. The Labute approximate surface area is 180 Å². The van der Waals surface area contributed by atoms with Crippen molar-refractivity contribution in [1.29, 1.82) is 0 Å². The van der Waals surface area contributed by atoms with Crippen molar-refractivity contribution in [3.05, 3.63) is 65.0 Å². The second kappa shape index (κ2) is 8.16. The summed E-state index contributed by atoms with van der Waals surface area (Å²) in [6, 6.07) is 10.4. The lowest BCUT2D eigenvalue weighted by Gasteiger charge is -2.23. The van der Waals surface area contributed by atoms with Gasteiger partial charge in [0, 0.05) is 11.4 Å². The Kier molecular flexibility index (Phi) is 5.22. The van der Waals surface area contributed by atoms with Gasteiger partial charge in [0.2, 0.25) is 5.91 Å². The molecule has 1 amide bonds. The molecule has 5 rings (SSSR count). The number of aromatic nitrogens is 4. The van der Waals surface area contributed by atoms with Crippen LogP contribution in [0.1, 0.15) is 23.8 Å². The fourth-order valence-corrected chi connectivity index (χ4v) is 5.48. The number of thiophene rings is 1. The molecular formula is C21H18FN5OS2. The fourth-order valence-electron chi connectivity index (χ4n) is 3.76. The van der Waals surface area contributed by atoms with Crippen molar-refractivity contribution in [2.75, 3.05) is 12.3 Å². The van der Waals surface area contributed by atoms with Crippen LogP contribution in [-0.2, 0) is 4.79 Å². The molecule has 0 N–H and O–H groups in total. The summed E-state index contributed by atoms with van der Waals surface area (Å²) < 4.78 is 14.9. The molecule has 0 unspecified atom stereocenters. The number of carbonyl (C=O) groups is 1. The second-order valence-corrected chi connectivity index (χ2v) is 8.94. The first-order chi connectivity index (χ1) is 14.7. The average molecular weight is 440 g/mol. The number of hydrogen-bond acceptors (Lipinski definition) is 6. The Morgan fingerprint density at radius 1 is 1.23 bits per heavy atom. The van der Waals surface area contributed by atoms with E-state index in [-0.39, 0.29) is 17.8 Å². The quantitative estimate of drug-likeness (QED) is 0.339. The normalized spacial score (nSPS) is 16.4. The highest BCUT2D eigenvalue weighted by molar-refractivity contribution is 8.00. The Balaban J connectivity index is 1.35. The number of likely N-dealkylation sites (tertiary alicyclic amines) is 1. The highest BCUT2D eigenvalue weighted by Crippen LogP contribution is 2.35. The highest BCUT2D eigenvalue weighted by Gasteiger charge is 2.30. The van der Waals surface area contributed by atoms with Crippen molar-refractivity contribution >= 4 is 40.0 Å². The summed E-state index contributed by atoms with van der Waals surface area (Å²) in [7, 11) is 0. The lowest BCUT2D eigenvalue weighted by molar-refractivity contribution is -0.129. The summed E-state index contributed by atoms with van der Waals surface area (Å²) in [5, 5.41) is 7.94. The number of fused-ring (bicyclic) bond motifs is 1. The Morgan fingerprint density at radius 2 is 2.10 bits per heavy atom. The molecule has 1 aliphatic heterocycles. The van der Waals surface area contributed by atoms with Crippen LogP contribution < -0.4 is 0 Å². The topological polar surface area (TPSA) is 63.9 Å². The molecule has 1 fully saturated rings. The minimum atomic E-state index is -0.303. The van der Waals surface area contributed by atoms with E-state index in [1.165, 1.54) is 35.1 Å². The Bertz CT molecular complexity index is 1180. The Morgan fingerprint density at radius 3 is 2.90 bits per heavy atom. The molecule has 4 aromatic rings. The molecule has 30 heavy (non-hydrogen) atoms. The van der Waals surface area contributed by atoms with Gasteiger partial charge in [-0.25, -0.2) is 19.0 Å². The number of hydrogen-bond donors (Lipinski definition) is 0. The monoisotopic (exact) mass is 439 g/mol. The van der Waals surface area contributed by atoms with Gasteiger partial charge in [-0.05, 0) is 48.6 Å². The molecular weight excluding hydrogens is 421 g/mol. The van der Waals surface area contributed by atoms with E-state index >= 15 is 0 Å². The van der Waals surface area contributed by atoms with Crippen molar-refractivity contribution in [2.24, 2.45) is 0 Å². The molecule has 4 heterocycles. The molecule has 0 saturated carbocycles. The van der Waals surface area contributed by atoms with Crippen LogP contribution in [0.2, 0.25) is 0 Å². The molecule has 6 nitrogen and oxygen atoms in total. The highest BCUT2D eigenvalue weighted by atomic mass is 32.2. The van der Waals surface area contributed by atoms with Crippen molar-refractivity contribution < 1.29 is 9.18 Å². The summed E-state index contributed by atoms with van der Waals surface area (Å²) in [6.45, 7) is 0.795. The predicted octanol–water partition coefficient (Wildman–Crippen LogP) is 4.47. The van der Waals surface area contributed by atoms with E-state index in [0.717, 1.165) is 24.8 Å². The van der Waals surface area contributed by atoms with Crippen LogP contribution >= 0.6 is 23.1 Å². The zero-order valence-electron chi connectivity index (χ0n) is 15.9. The molecule has 152 valence electrons. The van der Waals surface area contributed by atoms with Gasteiger partial charge in [0.1, 0.15) is 17.2 Å². The van der Waals surface area contributed by atoms with Gasteiger partial charge in [0.05, 0.1) is 29.1 Å². The zero-order valence-corrected chi connectivity index (χ0v) is 17.6. The van der Waals surface area contributed by atoms with Gasteiger partial charge in [0.25, 0.3) is 0 Å². The molecule has 0 spiro atoms. The first kappa shape index (κ1) is 19.2. The summed E-state index contributed by atoms with van der Waals surface area (Å²) in [6.07, 6.45) is 5.21. The summed E-state index contributed by atoms with van der Waals surface area (Å²) in [5.41, 5.74) is 1.34. The van der Waals surface area contributed by atoms with Gasteiger partial charge in [-0.1, -0.05) is 17.8 Å². The molecule has 1 aliphatic rings. The SMILES string of the molecule is O=C(CSc1ncnc2c1cnn2-c1ccc(F)cc1)N1CCC[C@@H]1c1cccs1. The smallest absolute Gasteiger partial charge is 0.233 e. The second-order valence-electron chi connectivity index (χ2n) is 7.00. The maximum atomic E-state index is 13.2. The van der Waals surface area contributed by atoms with Crippen LogP contribution in [0.15, 0.2) is 59.3 Å². The minimum absolute atomic E-state index is 0.119. The molecule has 0 bridgehead atoms. The van der Waals surface area contributed by atoms with Gasteiger partial charge in [-0.2, -0.15) is 5.10 Å². The van der Waals surface area contributed by atoms with E-state index in [1.54, 1.807) is 34.3 Å². The maximum Gasteiger partial charge on any atom is 0.233 e. The summed E-state index contributed by atoms with van der Waals surface area (Å²) in [5.74, 6) is 0.131. The van der Waals surface area contributed by atoms with Crippen molar-refractivity contribution in [1.82, 2.24) is 24.6 Å². The van der Waals surface area contributed by atoms with Crippen molar-refractivity contribution in [2.45, 2.75) is 23.9 Å². The summed E-state index contributed by atoms with van der Waals surface area (Å²) >= 11 is 3.11. The predicted molar refractivity (Wildman–Crippen MR) is 115 cm³/mol. The molecule has 3 aromatic heterocycles. The number of halogens is 1. The lowest BCUT2D eigenvalue weighted by atomic mass is 10.2. The van der Waals surface area contributed by atoms with Crippen LogP contribution in [0.3, 0.4) is 0 Å². The number of nitrogens with zero attached hydrogens (tertiary/aromatic N) is 5. The lowest BCUT2D eigenvalue weighted by Crippen LogP contribution is -2.31. The van der Waals surface area contributed by atoms with E-state index in [4.69, 9.17) is 0 Å². The third kappa shape index (κ3) is 3.59. The molecule has 0 radical (unpaired) electrons. The van der Waals surface area contributed by atoms with E-state index in [9.17, 15) is 9.18 Å². The minimum Gasteiger partial charge on any atom is -0.334 e. The number of amides is 1. The van der Waals surface area contributed by atoms with Crippen LogP contribution in [-0.4, -0.2) is 42.9 Å². The van der Waals surface area contributed by atoms with Gasteiger partial charge >= 0.3 is 0 Å². The number of rotatable bonds is 5. The first-order valence-corrected chi connectivity index (χ1v) is 11.5. The van der Waals surface area contributed by atoms with Crippen molar-refractivity contribution in [3.8, 4) is 5.69 Å². The van der Waals surface area contributed by atoms with Gasteiger partial charge in [-0.3, -0.25) is 4.79 Å². The molecule has 1 atom stereocenters. The largest absolute Gasteiger partial charge is 0.334 e. The zero-order chi connectivity index (χ0) is 20.5. The van der Waals surface area contributed by atoms with E-state index in [1.807, 2.05) is 11.0 Å². The molecule has 9 heteroatoms. The molecule has 1 aromatic carbocycles. The number of benzene rings is 1. The third-order valence-electron chi connectivity index (χ3n) is 5.18. The van der Waals surface area contributed by atoms with Crippen LogP contribution in [0.25, 0.3) is 16.7 Å². The first-order valence-electron chi connectivity index (χ1n) is 9.61. The van der Waals surface area contributed by atoms with E-state index in [0.29, 0.717) is 22.1 Å². The van der Waals surface area contributed by atoms with Crippen LogP contribution in [0.5, 0.6) is 0 Å². The van der Waals surface area contributed by atoms with Crippen LogP contribution in [0.4, 0.5) is 4.39 Å². The van der Waals surface area contributed by atoms with E-state index in [2.05, 4.69) is 26.5 Å². The van der Waals surface area contributed by atoms with Gasteiger partial charge in [0.15, 0.2) is 5.65 Å². The van der Waals surface area contributed by atoms with E-state index < -0.39 is 0 Å².